The van der Waals surface area contributed by atoms with Crippen LogP contribution in [0.3, 0.4) is 0 Å². The van der Waals surface area contributed by atoms with Gasteiger partial charge in [-0.2, -0.15) is 0 Å². The molecule has 1 saturated carbocycles. The lowest BCUT2D eigenvalue weighted by molar-refractivity contribution is 0.455. The molecule has 0 nitrogen and oxygen atoms in total. The highest BCUT2D eigenvalue weighted by molar-refractivity contribution is 4.82. The van der Waals surface area contributed by atoms with Crippen LogP contribution in [-0.2, 0) is 0 Å². The first-order valence-electron chi connectivity index (χ1n) is 6.45. The maximum atomic E-state index is 2.33. The van der Waals surface area contributed by atoms with Gasteiger partial charge in [0.1, 0.15) is 0 Å². The molecule has 0 N–H and O–H groups in total. The predicted octanol–water partition coefficient (Wildman–Crippen LogP) is 4.95. The third-order valence-electron chi connectivity index (χ3n) is 3.52. The molecule has 0 heteroatoms. The SMILES string of the molecule is C/C=C/C(C)CCCCC1CCCC1. The summed E-state index contributed by atoms with van der Waals surface area (Å²) in [6.45, 7) is 4.45. The lowest BCUT2D eigenvalue weighted by Gasteiger charge is -2.09. The fourth-order valence-corrected chi connectivity index (χ4v) is 2.62. The highest BCUT2D eigenvalue weighted by Gasteiger charge is 2.13. The Bertz CT molecular complexity index is 151. The molecule has 0 aromatic heterocycles. The molecule has 0 aromatic rings. The van der Waals surface area contributed by atoms with E-state index in [2.05, 4.69) is 26.0 Å². The van der Waals surface area contributed by atoms with Gasteiger partial charge in [0.25, 0.3) is 0 Å². The van der Waals surface area contributed by atoms with Crippen LogP contribution in [-0.4, -0.2) is 0 Å². The topological polar surface area (TPSA) is 0 Å². The summed E-state index contributed by atoms with van der Waals surface area (Å²) in [6, 6.07) is 0. The van der Waals surface area contributed by atoms with Crippen molar-refractivity contribution in [2.45, 2.75) is 65.2 Å². The Kier molecular flexibility index (Phi) is 5.98. The summed E-state index contributed by atoms with van der Waals surface area (Å²) in [4.78, 5) is 0. The van der Waals surface area contributed by atoms with E-state index in [1.165, 1.54) is 51.4 Å². The van der Waals surface area contributed by atoms with Crippen molar-refractivity contribution < 1.29 is 0 Å². The van der Waals surface area contributed by atoms with E-state index < -0.39 is 0 Å². The fraction of sp³-hybridized carbons (Fsp3) is 0.857. The Balaban J connectivity index is 1.93. The second kappa shape index (κ2) is 7.09. The van der Waals surface area contributed by atoms with Crippen molar-refractivity contribution >= 4 is 0 Å². The highest BCUT2D eigenvalue weighted by atomic mass is 14.2. The van der Waals surface area contributed by atoms with Crippen molar-refractivity contribution in [2.24, 2.45) is 11.8 Å². The van der Waals surface area contributed by atoms with Gasteiger partial charge in [0.05, 0.1) is 0 Å². The van der Waals surface area contributed by atoms with Crippen molar-refractivity contribution in [2.75, 3.05) is 0 Å². The van der Waals surface area contributed by atoms with Crippen LogP contribution in [0.15, 0.2) is 12.2 Å². The quantitative estimate of drug-likeness (QED) is 0.414. The number of rotatable bonds is 6. The minimum absolute atomic E-state index is 0.795. The molecule has 1 unspecified atom stereocenters. The van der Waals surface area contributed by atoms with Gasteiger partial charge >= 0.3 is 0 Å². The lowest BCUT2D eigenvalue weighted by atomic mass is 9.97. The summed E-state index contributed by atoms with van der Waals surface area (Å²) < 4.78 is 0. The van der Waals surface area contributed by atoms with Gasteiger partial charge in [-0.15, -0.1) is 0 Å². The van der Waals surface area contributed by atoms with E-state index in [-0.39, 0.29) is 0 Å². The Morgan fingerprint density at radius 1 is 1.21 bits per heavy atom. The second-order valence-corrected chi connectivity index (χ2v) is 4.94. The van der Waals surface area contributed by atoms with Crippen LogP contribution in [0.25, 0.3) is 0 Å². The first-order valence-corrected chi connectivity index (χ1v) is 6.45. The van der Waals surface area contributed by atoms with Gasteiger partial charge in [0.2, 0.25) is 0 Å². The Morgan fingerprint density at radius 2 is 1.93 bits per heavy atom. The molecule has 82 valence electrons. The molecule has 14 heavy (non-hydrogen) atoms. The van der Waals surface area contributed by atoms with Crippen LogP contribution >= 0.6 is 0 Å². The van der Waals surface area contributed by atoms with Crippen molar-refractivity contribution in [3.05, 3.63) is 12.2 Å². The summed E-state index contributed by atoms with van der Waals surface area (Å²) in [5.74, 6) is 1.88. The van der Waals surface area contributed by atoms with E-state index in [1.807, 2.05) is 0 Å². The molecular formula is C14H26. The summed E-state index contributed by atoms with van der Waals surface area (Å²) in [6.07, 6.45) is 16.3. The molecule has 0 spiro atoms. The minimum atomic E-state index is 0.795. The normalized spacial score (nSPS) is 20.7. The van der Waals surface area contributed by atoms with E-state index in [9.17, 15) is 0 Å². The monoisotopic (exact) mass is 194 g/mol. The van der Waals surface area contributed by atoms with Crippen LogP contribution in [0.5, 0.6) is 0 Å². The molecule has 0 heterocycles. The summed E-state index contributed by atoms with van der Waals surface area (Å²) >= 11 is 0. The van der Waals surface area contributed by atoms with E-state index >= 15 is 0 Å². The van der Waals surface area contributed by atoms with Gasteiger partial charge in [0, 0.05) is 0 Å². The molecule has 0 bridgehead atoms. The average Bonchev–Trinajstić information content (AvgIpc) is 2.65. The van der Waals surface area contributed by atoms with E-state index in [4.69, 9.17) is 0 Å². The summed E-state index contributed by atoms with van der Waals surface area (Å²) in [5.41, 5.74) is 0. The number of hydrogen-bond acceptors (Lipinski definition) is 0. The smallest absolute Gasteiger partial charge is 0.0262 e. The van der Waals surface area contributed by atoms with E-state index in [0.717, 1.165) is 11.8 Å². The first-order chi connectivity index (χ1) is 6.83. The number of hydrogen-bond donors (Lipinski definition) is 0. The lowest BCUT2D eigenvalue weighted by Crippen LogP contribution is -1.94. The van der Waals surface area contributed by atoms with Crippen molar-refractivity contribution in [3.8, 4) is 0 Å². The Morgan fingerprint density at radius 3 is 2.57 bits per heavy atom. The second-order valence-electron chi connectivity index (χ2n) is 4.94. The molecule has 0 radical (unpaired) electrons. The molecule has 0 aromatic carbocycles. The molecule has 1 rings (SSSR count). The maximum Gasteiger partial charge on any atom is -0.0262 e. The van der Waals surface area contributed by atoms with Crippen molar-refractivity contribution in [1.29, 1.82) is 0 Å². The number of unbranched alkanes of at least 4 members (excludes halogenated alkanes) is 1. The van der Waals surface area contributed by atoms with Gasteiger partial charge in [-0.3, -0.25) is 0 Å². The third kappa shape index (κ3) is 4.83. The van der Waals surface area contributed by atoms with Crippen molar-refractivity contribution in [1.82, 2.24) is 0 Å². The largest absolute Gasteiger partial charge is 0.0914 e. The first kappa shape index (κ1) is 11.8. The summed E-state index contributed by atoms with van der Waals surface area (Å²) in [5, 5.41) is 0. The molecule has 0 saturated heterocycles. The van der Waals surface area contributed by atoms with Gasteiger partial charge in [-0.25, -0.2) is 0 Å². The Hall–Kier alpha value is -0.260. The van der Waals surface area contributed by atoms with Gasteiger partial charge < -0.3 is 0 Å². The molecule has 0 aliphatic heterocycles. The van der Waals surface area contributed by atoms with Crippen LogP contribution in [0, 0.1) is 11.8 Å². The molecule has 1 fully saturated rings. The van der Waals surface area contributed by atoms with Crippen LogP contribution in [0.1, 0.15) is 65.2 Å². The van der Waals surface area contributed by atoms with Gasteiger partial charge in [0.15, 0.2) is 0 Å². The van der Waals surface area contributed by atoms with Gasteiger partial charge in [-0.1, -0.05) is 64.0 Å². The number of allylic oxidation sites excluding steroid dienone is 2. The maximum absolute atomic E-state index is 2.33. The van der Waals surface area contributed by atoms with E-state index in [0.29, 0.717) is 0 Å². The van der Waals surface area contributed by atoms with Crippen LogP contribution in [0.4, 0.5) is 0 Å². The average molecular weight is 194 g/mol. The zero-order valence-electron chi connectivity index (χ0n) is 9.97. The van der Waals surface area contributed by atoms with Crippen LogP contribution < -0.4 is 0 Å². The van der Waals surface area contributed by atoms with Crippen molar-refractivity contribution in [3.63, 3.8) is 0 Å². The molecule has 1 aliphatic rings. The van der Waals surface area contributed by atoms with E-state index in [1.54, 1.807) is 0 Å². The zero-order valence-corrected chi connectivity index (χ0v) is 9.97. The van der Waals surface area contributed by atoms with Crippen LogP contribution in [0.2, 0.25) is 0 Å². The minimum Gasteiger partial charge on any atom is -0.0914 e. The zero-order chi connectivity index (χ0) is 10.2. The molecule has 0 amide bonds. The third-order valence-corrected chi connectivity index (χ3v) is 3.52. The Labute approximate surface area is 89.8 Å². The summed E-state index contributed by atoms with van der Waals surface area (Å²) in [7, 11) is 0. The molecular weight excluding hydrogens is 168 g/mol. The highest BCUT2D eigenvalue weighted by Crippen LogP contribution is 2.29. The predicted molar refractivity (Wildman–Crippen MR) is 64.4 cm³/mol. The standard InChI is InChI=1S/C14H26/c1-3-8-13(2)9-4-5-10-14-11-6-7-12-14/h3,8,13-14H,4-7,9-12H2,1-2H3/b8-3+. The molecule has 1 atom stereocenters. The molecule has 1 aliphatic carbocycles. The van der Waals surface area contributed by atoms with Gasteiger partial charge in [-0.05, 0) is 25.2 Å². The fourth-order valence-electron chi connectivity index (χ4n) is 2.62.